The number of benzene rings is 1. The van der Waals surface area contributed by atoms with E-state index in [0.717, 1.165) is 11.8 Å². The second kappa shape index (κ2) is 39.5. The maximum atomic E-state index is 14.6. The van der Waals surface area contributed by atoms with Crippen molar-refractivity contribution in [3.05, 3.63) is 30.3 Å². The fraction of sp³-hybridized carbons (Fsp3) is 0.679. The van der Waals surface area contributed by atoms with Crippen LogP contribution in [0.2, 0.25) is 0 Å². The second-order valence-corrected chi connectivity index (χ2v) is 23.2. The maximum absolute atomic E-state index is 14.6. The maximum Gasteiger partial charge on any atom is 0.326 e. The van der Waals surface area contributed by atoms with Gasteiger partial charge in [-0.2, -0.15) is 0 Å². The number of unbranched alkanes of at least 4 members (excludes halogenated alkanes) is 1. The van der Waals surface area contributed by atoms with Gasteiger partial charge in [0.2, 0.25) is 47.3 Å². The summed E-state index contributed by atoms with van der Waals surface area (Å²) >= 11 is 0.903. The summed E-state index contributed by atoms with van der Waals surface area (Å²) in [5.41, 5.74) is 23.0. The van der Waals surface area contributed by atoms with E-state index in [1.807, 2.05) is 6.92 Å². The van der Waals surface area contributed by atoms with Crippen LogP contribution in [-0.2, 0) is 52.7 Å². The first-order chi connectivity index (χ1) is 39.5. The number of hydrogen-bond acceptors (Lipinski definition) is 15. The van der Waals surface area contributed by atoms with Gasteiger partial charge in [0, 0.05) is 11.4 Å². The van der Waals surface area contributed by atoms with Crippen LogP contribution >= 0.6 is 11.8 Å². The number of carbonyl (C=O) groups excluding carboxylic acids is 9. The number of nitrogens with zero attached hydrogens (tertiary/aromatic N) is 1. The molecule has 1 aromatic carbocycles. The summed E-state index contributed by atoms with van der Waals surface area (Å²) in [5, 5.41) is 41.1. The molecule has 0 fully saturated rings. The predicted molar refractivity (Wildman–Crippen MR) is 319 cm³/mol. The van der Waals surface area contributed by atoms with Gasteiger partial charge in [0.1, 0.15) is 42.3 Å². The molecule has 0 aromatic heterocycles. The highest BCUT2D eigenvalue weighted by Gasteiger charge is 2.37. The molecular weight excluding hydrogens is 1110 g/mol. The number of guanidine groups is 1. The predicted octanol–water partition coefficient (Wildman–Crippen LogP) is 0.0305. The van der Waals surface area contributed by atoms with Gasteiger partial charge in [-0.15, -0.1) is 0 Å². The van der Waals surface area contributed by atoms with Crippen molar-refractivity contribution in [1.29, 1.82) is 0 Å². The van der Waals surface area contributed by atoms with Crippen LogP contribution in [0, 0.1) is 29.6 Å². The smallest absolute Gasteiger partial charge is 0.326 e. The Hall–Kier alpha value is -7.07. The molecule has 19 N–H and O–H groups in total. The van der Waals surface area contributed by atoms with Gasteiger partial charge in [-0.3, -0.25) is 52.9 Å². The number of aliphatic carboxylic acids is 2. The first kappa shape index (κ1) is 74.9. The van der Waals surface area contributed by atoms with Crippen LogP contribution in [0.5, 0.6) is 0 Å². The first-order valence-corrected chi connectivity index (χ1v) is 29.7. The Balaban J connectivity index is 3.61. The van der Waals surface area contributed by atoms with Gasteiger partial charge in [-0.1, -0.05) is 118 Å². The van der Waals surface area contributed by atoms with Crippen LogP contribution in [0.3, 0.4) is 0 Å². The Morgan fingerprint density at radius 1 is 0.536 bits per heavy atom. The molecular formula is C56H96N14O13S. The number of carboxylic acids is 2. The summed E-state index contributed by atoms with van der Waals surface area (Å²) in [6, 6.07) is -1.87. The molecule has 0 aliphatic carbocycles. The highest BCUT2D eigenvalue weighted by molar-refractivity contribution is 8.00. The van der Waals surface area contributed by atoms with E-state index in [2.05, 4.69) is 52.8 Å². The SMILES string of the molecule is CC[C@H](C)[C@H](N)C(=O)N[C@@H](CCCN=C(N)N)C(=O)N[C@@H](CCCCN)C(=O)N[C@H](C(=O)N[C@@H](CC(C)C)C(=O)N[C@@H](Sc1ccccc1)C(=O)N[C@@H](CC(C)C)C(=O)N[C@@H](CC(=O)O)C(=O)NCC(=O)N[C@H](C(=O)O)[C@@H](C)CC)[C@@H](C)CC. The van der Waals surface area contributed by atoms with Gasteiger partial charge in [0.15, 0.2) is 11.3 Å². The van der Waals surface area contributed by atoms with Gasteiger partial charge in [0.05, 0.1) is 19.0 Å². The fourth-order valence-corrected chi connectivity index (χ4v) is 9.26. The van der Waals surface area contributed by atoms with E-state index in [-0.39, 0.29) is 68.9 Å². The number of nitrogens with two attached hydrogens (primary N) is 4. The van der Waals surface area contributed by atoms with Crippen molar-refractivity contribution in [2.24, 2.45) is 57.5 Å². The number of rotatable bonds is 41. The largest absolute Gasteiger partial charge is 0.481 e. The third kappa shape index (κ3) is 28.5. The summed E-state index contributed by atoms with van der Waals surface area (Å²) < 4.78 is 0. The van der Waals surface area contributed by atoms with Gasteiger partial charge < -0.3 is 81.0 Å². The molecule has 9 amide bonds. The van der Waals surface area contributed by atoms with Crippen LogP contribution in [0.4, 0.5) is 0 Å². The molecule has 12 atom stereocenters. The van der Waals surface area contributed by atoms with E-state index in [0.29, 0.717) is 37.0 Å². The Bertz CT molecular complexity index is 2340. The summed E-state index contributed by atoms with van der Waals surface area (Å²) in [7, 11) is 0. The lowest BCUT2D eigenvalue weighted by Gasteiger charge is -2.30. The number of amides is 9. The summed E-state index contributed by atoms with van der Waals surface area (Å²) in [6.07, 6.45) is 1.78. The standard InChI is InChI=1S/C56H96N14O13S/c1-11-32(8)43(58)51(79)64-37(23-19-25-61-56(59)60)47(75)63-36(22-17-18-24-57)48(76)69-44(33(9)12-2)52(80)66-39(27-31(6)7)50(78)70-54(84-35-20-15-14-16-21-35)53(81)67-38(26-30(4)5)49(77)65-40(28-42(72)73)46(74)62-29-41(71)68-45(55(82)83)34(10)13-3/h14-16,20-21,30-34,36-40,43-45,54H,11-13,17-19,22-29,57-58H2,1-10H3,(H,62,74)(H,63,75)(H,64,79)(H,65,77)(H,66,80)(H,67,81)(H,68,71)(H,69,76)(H,70,78)(H,72,73)(H,82,83)(H4,59,60,61)/t32-,33-,34-,36-,37-,38-,39-,40-,43-,44-,45-,54-/m0/s1. The van der Waals surface area contributed by atoms with Crippen LogP contribution in [0.1, 0.15) is 140 Å². The minimum absolute atomic E-state index is 0.0402. The minimum Gasteiger partial charge on any atom is -0.481 e. The third-order valence-electron chi connectivity index (χ3n) is 13.9. The molecule has 0 aliphatic heterocycles. The lowest BCUT2D eigenvalue weighted by molar-refractivity contribution is -0.143. The molecule has 84 heavy (non-hydrogen) atoms. The number of nitrogens with one attached hydrogen (secondary N) is 9. The van der Waals surface area contributed by atoms with Crippen molar-refractivity contribution >= 4 is 82.8 Å². The van der Waals surface area contributed by atoms with Gasteiger partial charge in [-0.05, 0) is 93.2 Å². The summed E-state index contributed by atoms with van der Waals surface area (Å²) in [5.74, 6) is -12.1. The molecule has 28 heteroatoms. The van der Waals surface area contributed by atoms with Crippen molar-refractivity contribution < 1.29 is 63.0 Å². The lowest BCUT2D eigenvalue weighted by Crippen LogP contribution is -2.61. The van der Waals surface area contributed by atoms with Crippen molar-refractivity contribution in [3.63, 3.8) is 0 Å². The van der Waals surface area contributed by atoms with Crippen LogP contribution in [0.15, 0.2) is 40.2 Å². The monoisotopic (exact) mass is 1200 g/mol. The number of hydrogen-bond donors (Lipinski definition) is 15. The average molecular weight is 1210 g/mol. The number of aliphatic imine (C=N–C) groups is 1. The molecule has 0 heterocycles. The zero-order chi connectivity index (χ0) is 63.8. The quantitative estimate of drug-likeness (QED) is 0.0135. The topological polar surface area (TPSA) is 453 Å². The zero-order valence-electron chi connectivity index (χ0n) is 50.4. The van der Waals surface area contributed by atoms with Gasteiger partial charge in [0.25, 0.3) is 5.91 Å². The molecule has 1 rings (SSSR count). The molecule has 0 aliphatic rings. The number of thioether (sulfide) groups is 1. The molecule has 0 bridgehead atoms. The highest BCUT2D eigenvalue weighted by atomic mass is 32.2. The molecule has 0 saturated carbocycles. The highest BCUT2D eigenvalue weighted by Crippen LogP contribution is 2.23. The number of carboxylic acid groups (broad SMARTS) is 2. The van der Waals surface area contributed by atoms with E-state index < -0.39 is 144 Å². The Morgan fingerprint density at radius 2 is 1.01 bits per heavy atom. The summed E-state index contributed by atoms with van der Waals surface area (Å²) in [4.78, 5) is 153. The third-order valence-corrected chi connectivity index (χ3v) is 15.0. The van der Waals surface area contributed by atoms with E-state index in [9.17, 15) is 63.0 Å². The average Bonchev–Trinajstić information content (AvgIpc) is 3.44. The first-order valence-electron chi connectivity index (χ1n) is 28.9. The molecule has 1 aromatic rings. The normalized spacial score (nSPS) is 15.5. The van der Waals surface area contributed by atoms with E-state index in [1.165, 1.54) is 0 Å². The van der Waals surface area contributed by atoms with E-state index in [1.54, 1.807) is 92.6 Å². The Morgan fingerprint density at radius 3 is 1.52 bits per heavy atom. The van der Waals surface area contributed by atoms with Crippen molar-refractivity contribution in [2.45, 2.75) is 198 Å². The number of carbonyl (C=O) groups is 11. The van der Waals surface area contributed by atoms with Crippen LogP contribution < -0.4 is 70.8 Å². The van der Waals surface area contributed by atoms with Crippen molar-refractivity contribution in [2.75, 3.05) is 19.6 Å². The Labute approximate surface area is 497 Å². The lowest BCUT2D eigenvalue weighted by atomic mass is 9.96. The van der Waals surface area contributed by atoms with Crippen LogP contribution in [0.25, 0.3) is 0 Å². The molecule has 0 saturated heterocycles. The van der Waals surface area contributed by atoms with E-state index >= 15 is 0 Å². The minimum atomic E-state index is -1.76. The molecule has 474 valence electrons. The molecule has 0 spiro atoms. The van der Waals surface area contributed by atoms with Gasteiger partial charge >= 0.3 is 11.9 Å². The van der Waals surface area contributed by atoms with E-state index in [4.69, 9.17) is 22.9 Å². The summed E-state index contributed by atoms with van der Waals surface area (Å²) in [6.45, 7) is 17.3. The molecule has 0 unspecified atom stereocenters. The van der Waals surface area contributed by atoms with Crippen molar-refractivity contribution in [1.82, 2.24) is 47.9 Å². The Kier molecular flexibility index (Phi) is 35.2. The molecule has 27 nitrogen and oxygen atoms in total. The molecule has 0 radical (unpaired) electrons. The van der Waals surface area contributed by atoms with Crippen molar-refractivity contribution in [3.8, 4) is 0 Å². The van der Waals surface area contributed by atoms with Crippen LogP contribution in [-0.4, -0.2) is 155 Å². The second-order valence-electron chi connectivity index (χ2n) is 22.0. The zero-order valence-corrected chi connectivity index (χ0v) is 51.2. The van der Waals surface area contributed by atoms with Gasteiger partial charge in [-0.25, -0.2) is 4.79 Å². The fourth-order valence-electron chi connectivity index (χ4n) is 8.32.